The number of allylic oxidation sites excluding steroid dienone is 2. The molecule has 2 bridgehead atoms. The number of ketones is 1. The average molecular weight is 267 g/mol. The van der Waals surface area contributed by atoms with Gasteiger partial charge in [-0.15, -0.1) is 0 Å². The molecule has 0 aromatic heterocycles. The molecular formula is C17H11ClO. The van der Waals surface area contributed by atoms with Crippen molar-refractivity contribution >= 4 is 17.4 Å². The Bertz CT molecular complexity index is 682. The van der Waals surface area contributed by atoms with Gasteiger partial charge in [0.15, 0.2) is 5.78 Å². The van der Waals surface area contributed by atoms with E-state index >= 15 is 0 Å². The van der Waals surface area contributed by atoms with E-state index in [1.54, 1.807) is 0 Å². The molecule has 0 heterocycles. The molecular weight excluding hydrogens is 256 g/mol. The van der Waals surface area contributed by atoms with Gasteiger partial charge in [-0.25, -0.2) is 0 Å². The summed E-state index contributed by atoms with van der Waals surface area (Å²) in [4.78, 5) is 12.5. The molecule has 0 unspecified atom stereocenters. The summed E-state index contributed by atoms with van der Waals surface area (Å²) in [6.45, 7) is 0. The molecule has 0 saturated heterocycles. The number of carbonyl (C=O) groups is 1. The molecule has 3 aliphatic carbocycles. The van der Waals surface area contributed by atoms with Crippen molar-refractivity contribution in [1.29, 1.82) is 0 Å². The quantitative estimate of drug-likeness (QED) is 0.705. The first-order chi connectivity index (χ1) is 9.27. The number of hydrogen-bond acceptors (Lipinski definition) is 1. The Kier molecular flexibility index (Phi) is 2.21. The van der Waals surface area contributed by atoms with Gasteiger partial charge in [-0.1, -0.05) is 66.2 Å². The van der Waals surface area contributed by atoms with Crippen molar-refractivity contribution in [2.45, 2.75) is 11.8 Å². The van der Waals surface area contributed by atoms with Gasteiger partial charge < -0.3 is 0 Å². The fourth-order valence-electron chi connectivity index (χ4n) is 3.28. The molecule has 0 radical (unpaired) electrons. The van der Waals surface area contributed by atoms with Crippen molar-refractivity contribution in [3.8, 4) is 0 Å². The molecule has 0 spiro atoms. The van der Waals surface area contributed by atoms with Gasteiger partial charge in [0, 0.05) is 5.92 Å². The molecule has 3 aliphatic rings. The van der Waals surface area contributed by atoms with E-state index in [-0.39, 0.29) is 17.6 Å². The summed E-state index contributed by atoms with van der Waals surface area (Å²) in [7, 11) is 0. The largest absolute Gasteiger partial charge is 0.292 e. The monoisotopic (exact) mass is 266 g/mol. The zero-order chi connectivity index (χ0) is 13.0. The molecule has 0 fully saturated rings. The van der Waals surface area contributed by atoms with E-state index in [2.05, 4.69) is 12.1 Å². The normalized spacial score (nSPS) is 23.4. The lowest BCUT2D eigenvalue weighted by atomic mass is 9.73. The van der Waals surface area contributed by atoms with Crippen molar-refractivity contribution in [2.24, 2.45) is 0 Å². The first-order valence-electron chi connectivity index (χ1n) is 6.36. The van der Waals surface area contributed by atoms with Crippen LogP contribution in [0.25, 0.3) is 0 Å². The Balaban J connectivity index is 2.12. The highest BCUT2D eigenvalue weighted by Crippen LogP contribution is 2.48. The van der Waals surface area contributed by atoms with E-state index in [0.29, 0.717) is 5.03 Å². The van der Waals surface area contributed by atoms with Crippen LogP contribution in [0.3, 0.4) is 0 Å². The van der Waals surface area contributed by atoms with Crippen LogP contribution in [-0.4, -0.2) is 5.78 Å². The third kappa shape index (κ3) is 1.39. The van der Waals surface area contributed by atoms with Gasteiger partial charge in [-0.05, 0) is 22.3 Å². The highest BCUT2D eigenvalue weighted by Gasteiger charge is 2.39. The minimum Gasteiger partial charge on any atom is -0.292 e. The Hall–Kier alpha value is -1.86. The molecule has 1 nitrogen and oxygen atoms in total. The van der Waals surface area contributed by atoms with Crippen molar-refractivity contribution in [1.82, 2.24) is 0 Å². The number of benzene rings is 2. The smallest absolute Gasteiger partial charge is 0.185 e. The van der Waals surface area contributed by atoms with Gasteiger partial charge in [0.05, 0.1) is 11.0 Å². The zero-order valence-corrected chi connectivity index (χ0v) is 10.9. The Morgan fingerprint density at radius 3 is 1.79 bits per heavy atom. The Labute approximate surface area is 116 Å². The number of Topliss-reactive ketones (excluding diaryl/α,β-unsaturated/α-hetero) is 1. The van der Waals surface area contributed by atoms with Crippen molar-refractivity contribution in [3.05, 3.63) is 81.9 Å². The lowest BCUT2D eigenvalue weighted by molar-refractivity contribution is -0.115. The molecule has 0 saturated carbocycles. The van der Waals surface area contributed by atoms with Crippen LogP contribution in [-0.2, 0) is 4.79 Å². The predicted molar refractivity (Wildman–Crippen MR) is 75.5 cm³/mol. The number of hydrogen-bond donors (Lipinski definition) is 0. The summed E-state index contributed by atoms with van der Waals surface area (Å²) in [5.74, 6) is -0.126. The number of fused-ring (bicyclic) bond motifs is 1. The first-order valence-corrected chi connectivity index (χ1v) is 6.74. The molecule has 2 aromatic rings. The van der Waals surface area contributed by atoms with Gasteiger partial charge in [0.1, 0.15) is 0 Å². The minimum atomic E-state index is -0.241. The third-order valence-corrected chi connectivity index (χ3v) is 4.41. The van der Waals surface area contributed by atoms with Crippen LogP contribution in [0.2, 0.25) is 0 Å². The summed E-state index contributed by atoms with van der Waals surface area (Å²) < 4.78 is 0. The molecule has 0 atom stereocenters. The second-order valence-electron chi connectivity index (χ2n) is 5.05. The maximum atomic E-state index is 12.5. The molecule has 0 aliphatic heterocycles. The van der Waals surface area contributed by atoms with Crippen LogP contribution < -0.4 is 0 Å². The fourth-order valence-corrected chi connectivity index (χ4v) is 3.51. The number of carbonyl (C=O) groups excluding carboxylic acids is 1. The molecule has 0 amide bonds. The van der Waals surface area contributed by atoms with E-state index in [1.165, 1.54) is 11.1 Å². The molecule has 5 rings (SSSR count). The fraction of sp³-hybridized carbons (Fsp3) is 0.118. The van der Waals surface area contributed by atoms with Crippen molar-refractivity contribution < 1.29 is 4.79 Å². The van der Waals surface area contributed by atoms with Gasteiger partial charge in [0.2, 0.25) is 0 Å². The van der Waals surface area contributed by atoms with Crippen molar-refractivity contribution in [2.75, 3.05) is 0 Å². The van der Waals surface area contributed by atoms with Gasteiger partial charge in [-0.2, -0.15) is 0 Å². The second-order valence-corrected chi connectivity index (χ2v) is 5.45. The van der Waals surface area contributed by atoms with Gasteiger partial charge in [-0.3, -0.25) is 4.79 Å². The van der Waals surface area contributed by atoms with Crippen molar-refractivity contribution in [3.63, 3.8) is 0 Å². The number of halogens is 1. The summed E-state index contributed by atoms with van der Waals surface area (Å²) in [5, 5.41) is 0.363. The molecule has 19 heavy (non-hydrogen) atoms. The van der Waals surface area contributed by atoms with Gasteiger partial charge in [0.25, 0.3) is 0 Å². The maximum Gasteiger partial charge on any atom is 0.185 e. The summed E-state index contributed by atoms with van der Waals surface area (Å²) >= 11 is 6.19. The first kappa shape index (κ1) is 11.0. The van der Waals surface area contributed by atoms with Crippen LogP contribution in [0.4, 0.5) is 0 Å². The van der Waals surface area contributed by atoms with E-state index in [1.807, 2.05) is 42.5 Å². The van der Waals surface area contributed by atoms with E-state index in [9.17, 15) is 4.79 Å². The van der Waals surface area contributed by atoms with E-state index in [4.69, 9.17) is 11.6 Å². The summed E-state index contributed by atoms with van der Waals surface area (Å²) in [5.41, 5.74) is 4.61. The van der Waals surface area contributed by atoms with E-state index < -0.39 is 0 Å². The minimum absolute atomic E-state index is 0.0153. The summed E-state index contributed by atoms with van der Waals surface area (Å²) in [6, 6.07) is 16.3. The maximum absolute atomic E-state index is 12.5. The number of rotatable bonds is 0. The van der Waals surface area contributed by atoms with Crippen LogP contribution in [0.1, 0.15) is 34.1 Å². The van der Waals surface area contributed by atoms with Gasteiger partial charge >= 0.3 is 0 Å². The standard InChI is InChI=1S/C17H11ClO/c18-15-9-14-10-5-1-3-7-12(10)16(17(15)19)13-8-4-2-6-11(13)14/h1-9,14,16H. The second kappa shape index (κ2) is 3.82. The SMILES string of the molecule is O=C1C(Cl)=CC2c3ccccc3C1c1ccccc12. The molecule has 2 aromatic carbocycles. The van der Waals surface area contributed by atoms with Crippen LogP contribution >= 0.6 is 11.6 Å². The predicted octanol–water partition coefficient (Wildman–Crippen LogP) is 3.97. The molecule has 0 N–H and O–H groups in total. The third-order valence-electron chi connectivity index (χ3n) is 4.09. The molecule has 2 heteroatoms. The lowest BCUT2D eigenvalue weighted by Gasteiger charge is -2.29. The van der Waals surface area contributed by atoms with Crippen LogP contribution in [0.5, 0.6) is 0 Å². The highest BCUT2D eigenvalue weighted by atomic mass is 35.5. The highest BCUT2D eigenvalue weighted by molar-refractivity contribution is 6.44. The lowest BCUT2D eigenvalue weighted by Crippen LogP contribution is -2.19. The molecule has 92 valence electrons. The zero-order valence-electron chi connectivity index (χ0n) is 10.1. The van der Waals surface area contributed by atoms with Crippen LogP contribution in [0, 0.1) is 0 Å². The average Bonchev–Trinajstić information content (AvgIpc) is 2.63. The summed E-state index contributed by atoms with van der Waals surface area (Å²) in [6.07, 6.45) is 1.90. The van der Waals surface area contributed by atoms with Crippen LogP contribution in [0.15, 0.2) is 59.6 Å². The topological polar surface area (TPSA) is 17.1 Å². The Morgan fingerprint density at radius 1 is 0.789 bits per heavy atom. The Morgan fingerprint density at radius 2 is 1.26 bits per heavy atom. The van der Waals surface area contributed by atoms with E-state index in [0.717, 1.165) is 11.1 Å².